The van der Waals surface area contributed by atoms with Crippen molar-refractivity contribution in [2.24, 2.45) is 0 Å². The van der Waals surface area contributed by atoms with Crippen molar-refractivity contribution >= 4 is 17.2 Å². The van der Waals surface area contributed by atoms with Crippen molar-refractivity contribution in [3.63, 3.8) is 0 Å². The number of nitrogens with one attached hydrogen (secondary N) is 1. The lowest BCUT2D eigenvalue weighted by Gasteiger charge is -2.33. The zero-order valence-electron chi connectivity index (χ0n) is 14.4. The highest BCUT2D eigenvalue weighted by Crippen LogP contribution is 2.32. The summed E-state index contributed by atoms with van der Waals surface area (Å²) in [7, 11) is 0. The first-order valence-electron chi connectivity index (χ1n) is 8.72. The normalized spacial score (nSPS) is 21.6. The van der Waals surface area contributed by atoms with E-state index in [1.165, 1.54) is 11.3 Å². The summed E-state index contributed by atoms with van der Waals surface area (Å²) in [6, 6.07) is 9.82. The van der Waals surface area contributed by atoms with Crippen LogP contribution < -0.4 is 5.69 Å². The van der Waals surface area contributed by atoms with Crippen LogP contribution in [0.3, 0.4) is 0 Å². The second-order valence-corrected chi connectivity index (χ2v) is 7.74. The number of benzene rings is 1. The minimum atomic E-state index is -0.533. The molecule has 1 fully saturated rings. The summed E-state index contributed by atoms with van der Waals surface area (Å²) >= 11 is 1.46. The number of aromatic nitrogens is 4. The summed E-state index contributed by atoms with van der Waals surface area (Å²) in [6.45, 7) is 1.71. The fourth-order valence-electron chi connectivity index (χ4n) is 3.69. The molecule has 1 saturated heterocycles. The van der Waals surface area contributed by atoms with E-state index in [9.17, 15) is 9.59 Å². The van der Waals surface area contributed by atoms with Crippen LogP contribution in [0.2, 0.25) is 0 Å². The number of nitrogens with zero attached hydrogens (tertiary/aromatic N) is 4. The molecule has 1 amide bonds. The van der Waals surface area contributed by atoms with Gasteiger partial charge in [0.15, 0.2) is 5.82 Å². The molecule has 1 N–H and O–H groups in total. The van der Waals surface area contributed by atoms with Crippen LogP contribution in [-0.2, 0) is 17.9 Å². The molecule has 1 atom stereocenters. The van der Waals surface area contributed by atoms with Crippen LogP contribution >= 0.6 is 11.3 Å². The molecule has 0 radical (unpaired) electrons. The largest absolute Gasteiger partial charge is 0.363 e. The summed E-state index contributed by atoms with van der Waals surface area (Å²) in [5.41, 5.74) is 0.688. The molecule has 4 heterocycles. The molecule has 1 unspecified atom stereocenters. The van der Waals surface area contributed by atoms with Gasteiger partial charge in [-0.1, -0.05) is 30.3 Å². The van der Waals surface area contributed by atoms with E-state index in [1.54, 1.807) is 14.8 Å². The number of ether oxygens (including phenoxy) is 1. The SMILES string of the molecule is O=C(c1csc(-c2ccccc2)n1)N1CCC2(C1)Cn1c(n[nH]c1=O)CO2. The van der Waals surface area contributed by atoms with Gasteiger partial charge in [0.2, 0.25) is 0 Å². The van der Waals surface area contributed by atoms with Crippen molar-refractivity contribution < 1.29 is 9.53 Å². The van der Waals surface area contributed by atoms with Crippen LogP contribution in [0, 0.1) is 0 Å². The van der Waals surface area contributed by atoms with E-state index in [4.69, 9.17) is 4.74 Å². The maximum Gasteiger partial charge on any atom is 0.343 e. The molecule has 3 aromatic rings. The third kappa shape index (κ3) is 2.79. The number of hydrogen-bond acceptors (Lipinski definition) is 6. The van der Waals surface area contributed by atoms with Crippen LogP contribution in [0.15, 0.2) is 40.5 Å². The molecule has 0 bridgehead atoms. The Morgan fingerprint density at radius 1 is 1.26 bits per heavy atom. The Bertz CT molecular complexity index is 1060. The molecule has 0 saturated carbocycles. The zero-order chi connectivity index (χ0) is 18.4. The Kier molecular flexibility index (Phi) is 3.73. The standard InChI is InChI=1S/C18H17N5O3S/c24-16(13-9-27-15(19-13)12-4-2-1-3-5-12)22-7-6-18(10-22)11-23-14(8-26-18)20-21-17(23)25/h1-5,9H,6-8,10-11H2,(H,21,25). The van der Waals surface area contributed by atoms with Gasteiger partial charge in [-0.15, -0.1) is 11.3 Å². The lowest BCUT2D eigenvalue weighted by molar-refractivity contribution is -0.0816. The number of fused-ring (bicyclic) bond motifs is 1. The molecule has 2 aliphatic heterocycles. The van der Waals surface area contributed by atoms with Crippen molar-refractivity contribution in [1.29, 1.82) is 0 Å². The zero-order valence-corrected chi connectivity index (χ0v) is 15.2. The fraction of sp³-hybridized carbons (Fsp3) is 0.333. The van der Waals surface area contributed by atoms with Gasteiger partial charge >= 0.3 is 5.69 Å². The molecular weight excluding hydrogens is 366 g/mol. The van der Waals surface area contributed by atoms with Crippen molar-refractivity contribution in [2.75, 3.05) is 13.1 Å². The second-order valence-electron chi connectivity index (χ2n) is 6.88. The Morgan fingerprint density at radius 3 is 2.96 bits per heavy atom. The van der Waals surface area contributed by atoms with Crippen LogP contribution in [-0.4, -0.2) is 49.2 Å². The molecule has 1 aromatic carbocycles. The Balaban J connectivity index is 1.34. The average Bonchev–Trinajstić information content (AvgIpc) is 3.42. The highest BCUT2D eigenvalue weighted by atomic mass is 32.1. The monoisotopic (exact) mass is 383 g/mol. The van der Waals surface area contributed by atoms with Gasteiger partial charge in [-0.05, 0) is 6.42 Å². The van der Waals surface area contributed by atoms with E-state index in [-0.39, 0.29) is 18.2 Å². The topological polar surface area (TPSA) is 93.1 Å². The number of likely N-dealkylation sites (tertiary alicyclic amines) is 1. The molecule has 8 nitrogen and oxygen atoms in total. The van der Waals surface area contributed by atoms with Crippen LogP contribution in [0.4, 0.5) is 0 Å². The van der Waals surface area contributed by atoms with Gasteiger partial charge in [0.05, 0.1) is 13.1 Å². The molecule has 1 spiro atoms. The van der Waals surface area contributed by atoms with Crippen molar-refractivity contribution in [3.8, 4) is 10.6 Å². The predicted octanol–water partition coefficient (Wildman–Crippen LogP) is 1.51. The molecule has 9 heteroatoms. The molecule has 27 heavy (non-hydrogen) atoms. The number of carbonyl (C=O) groups excluding carboxylic acids is 1. The van der Waals surface area contributed by atoms with E-state index in [0.717, 1.165) is 10.6 Å². The van der Waals surface area contributed by atoms with Crippen molar-refractivity contribution in [3.05, 3.63) is 57.7 Å². The maximum atomic E-state index is 12.9. The third-order valence-electron chi connectivity index (χ3n) is 5.14. The number of carbonyl (C=O) groups is 1. The van der Waals surface area contributed by atoms with Crippen molar-refractivity contribution in [2.45, 2.75) is 25.2 Å². The van der Waals surface area contributed by atoms with Gasteiger partial charge in [-0.2, -0.15) is 5.10 Å². The number of thiazole rings is 1. The molecule has 2 aliphatic rings. The first-order valence-corrected chi connectivity index (χ1v) is 9.60. The van der Waals surface area contributed by atoms with Gasteiger partial charge in [-0.25, -0.2) is 14.9 Å². The molecule has 0 aliphatic carbocycles. The van der Waals surface area contributed by atoms with Crippen LogP contribution in [0.5, 0.6) is 0 Å². The number of rotatable bonds is 2. The lowest BCUT2D eigenvalue weighted by atomic mass is 10.0. The second kappa shape index (κ2) is 6.14. The van der Waals surface area contributed by atoms with Crippen LogP contribution in [0.25, 0.3) is 10.6 Å². The fourth-order valence-corrected chi connectivity index (χ4v) is 4.49. The van der Waals surface area contributed by atoms with E-state index in [2.05, 4.69) is 15.2 Å². The quantitative estimate of drug-likeness (QED) is 0.724. The minimum absolute atomic E-state index is 0.0979. The van der Waals surface area contributed by atoms with Crippen LogP contribution in [0.1, 0.15) is 22.7 Å². The summed E-state index contributed by atoms with van der Waals surface area (Å²) < 4.78 is 7.61. The third-order valence-corrected chi connectivity index (χ3v) is 6.03. The van der Waals surface area contributed by atoms with Gasteiger partial charge in [0, 0.05) is 17.5 Å². The van der Waals surface area contributed by atoms with Gasteiger partial charge in [0.1, 0.15) is 22.9 Å². The Labute approximate surface area is 158 Å². The maximum absolute atomic E-state index is 12.9. The molecule has 2 aromatic heterocycles. The first kappa shape index (κ1) is 16.4. The average molecular weight is 383 g/mol. The van der Waals surface area contributed by atoms with E-state index < -0.39 is 5.60 Å². The summed E-state index contributed by atoms with van der Waals surface area (Å²) in [5, 5.41) is 9.04. The molecular formula is C18H17N5O3S. The minimum Gasteiger partial charge on any atom is -0.363 e. The number of amides is 1. The lowest BCUT2D eigenvalue weighted by Crippen LogP contribution is -2.47. The number of H-pyrrole nitrogens is 1. The van der Waals surface area contributed by atoms with E-state index in [0.29, 0.717) is 37.6 Å². The summed E-state index contributed by atoms with van der Waals surface area (Å²) in [4.78, 5) is 31.1. The summed E-state index contributed by atoms with van der Waals surface area (Å²) in [5.74, 6) is 0.502. The molecule has 5 rings (SSSR count). The highest BCUT2D eigenvalue weighted by molar-refractivity contribution is 7.13. The van der Waals surface area contributed by atoms with E-state index in [1.807, 2.05) is 30.3 Å². The molecule has 138 valence electrons. The number of aromatic amines is 1. The van der Waals surface area contributed by atoms with Gasteiger partial charge in [0.25, 0.3) is 5.91 Å². The van der Waals surface area contributed by atoms with Gasteiger partial charge < -0.3 is 9.64 Å². The Hall–Kier alpha value is -2.78. The highest BCUT2D eigenvalue weighted by Gasteiger charge is 2.45. The van der Waals surface area contributed by atoms with E-state index >= 15 is 0 Å². The predicted molar refractivity (Wildman–Crippen MR) is 98.4 cm³/mol. The van der Waals surface area contributed by atoms with Crippen molar-refractivity contribution in [1.82, 2.24) is 24.6 Å². The summed E-state index contributed by atoms with van der Waals surface area (Å²) in [6.07, 6.45) is 0.686. The van der Waals surface area contributed by atoms with Gasteiger partial charge in [-0.3, -0.25) is 9.36 Å². The Morgan fingerprint density at radius 2 is 2.11 bits per heavy atom. The number of hydrogen-bond donors (Lipinski definition) is 1. The smallest absolute Gasteiger partial charge is 0.343 e. The first-order chi connectivity index (χ1) is 13.1.